The van der Waals surface area contributed by atoms with Crippen molar-refractivity contribution in [3.63, 3.8) is 0 Å². The fraction of sp³-hybridized carbons (Fsp3) is 0.208. The number of amides is 2. The molecule has 2 heterocycles. The maximum atomic E-state index is 12.9. The second-order valence-electron chi connectivity index (χ2n) is 7.10. The second-order valence-corrected chi connectivity index (χ2v) is 8.10. The number of thioether (sulfide) groups is 1. The first-order valence-corrected chi connectivity index (χ1v) is 10.9. The highest BCUT2D eigenvalue weighted by Crippen LogP contribution is 2.34. The molecule has 4 rings (SSSR count). The molecule has 1 aliphatic rings. The van der Waals surface area contributed by atoms with E-state index in [2.05, 4.69) is 0 Å². The summed E-state index contributed by atoms with van der Waals surface area (Å²) in [6, 6.07) is 17.4. The van der Waals surface area contributed by atoms with Crippen molar-refractivity contribution >= 4 is 45.9 Å². The number of rotatable bonds is 7. The molecule has 31 heavy (non-hydrogen) atoms. The lowest BCUT2D eigenvalue weighted by Gasteiger charge is -2.12. The van der Waals surface area contributed by atoms with E-state index in [0.717, 1.165) is 33.8 Å². The SMILES string of the molecule is CCOC(=O)Cn1cc(/C=C2\SC(=O)N(CCc3ccccc3)C2=O)c2ccccc21. The van der Waals surface area contributed by atoms with E-state index in [9.17, 15) is 14.4 Å². The number of carbonyl (C=O) groups excluding carboxylic acids is 3. The molecule has 1 fully saturated rings. The molecule has 6 nitrogen and oxygen atoms in total. The highest BCUT2D eigenvalue weighted by molar-refractivity contribution is 8.18. The van der Waals surface area contributed by atoms with Crippen LogP contribution in [0, 0.1) is 0 Å². The van der Waals surface area contributed by atoms with Gasteiger partial charge in [0.1, 0.15) is 6.54 Å². The minimum atomic E-state index is -0.323. The zero-order chi connectivity index (χ0) is 21.8. The standard InChI is InChI=1S/C24H22N2O4S/c1-2-30-22(27)16-25-15-18(19-10-6-7-11-20(19)25)14-21-23(28)26(24(29)31-21)13-12-17-8-4-3-5-9-17/h3-11,14-15H,2,12-13,16H2,1H3/b21-14-. The van der Waals surface area contributed by atoms with Gasteiger partial charge < -0.3 is 9.30 Å². The van der Waals surface area contributed by atoms with Crippen LogP contribution in [0.2, 0.25) is 0 Å². The van der Waals surface area contributed by atoms with E-state index in [4.69, 9.17) is 4.74 Å². The molecule has 0 unspecified atom stereocenters. The van der Waals surface area contributed by atoms with Crippen molar-refractivity contribution in [1.29, 1.82) is 0 Å². The molecule has 0 N–H and O–H groups in total. The predicted octanol–water partition coefficient (Wildman–Crippen LogP) is 4.48. The molecule has 0 radical (unpaired) electrons. The number of hydrogen-bond donors (Lipinski definition) is 0. The van der Waals surface area contributed by atoms with Gasteiger partial charge in [0, 0.05) is 29.2 Å². The van der Waals surface area contributed by atoms with Gasteiger partial charge in [-0.15, -0.1) is 0 Å². The van der Waals surface area contributed by atoms with Gasteiger partial charge in [-0.2, -0.15) is 0 Å². The first-order valence-electron chi connectivity index (χ1n) is 10.1. The Labute approximate surface area is 184 Å². The number of aromatic nitrogens is 1. The molecule has 0 spiro atoms. The van der Waals surface area contributed by atoms with Crippen LogP contribution in [0.1, 0.15) is 18.1 Å². The fourth-order valence-corrected chi connectivity index (χ4v) is 4.44. The molecular weight excluding hydrogens is 412 g/mol. The van der Waals surface area contributed by atoms with Gasteiger partial charge in [0.2, 0.25) is 0 Å². The third-order valence-electron chi connectivity index (χ3n) is 5.05. The van der Waals surface area contributed by atoms with Crippen LogP contribution in [0.3, 0.4) is 0 Å². The number of nitrogens with zero attached hydrogens (tertiary/aromatic N) is 2. The Morgan fingerprint density at radius 2 is 1.81 bits per heavy atom. The molecule has 0 aliphatic carbocycles. The molecule has 3 aromatic rings. The van der Waals surface area contributed by atoms with Crippen LogP contribution in [-0.4, -0.2) is 39.7 Å². The van der Waals surface area contributed by atoms with Crippen molar-refractivity contribution in [1.82, 2.24) is 9.47 Å². The first-order chi connectivity index (χ1) is 15.1. The van der Waals surface area contributed by atoms with Gasteiger partial charge in [0.05, 0.1) is 11.5 Å². The lowest BCUT2D eigenvalue weighted by molar-refractivity contribution is -0.143. The summed E-state index contributed by atoms with van der Waals surface area (Å²) in [4.78, 5) is 39.0. The predicted molar refractivity (Wildman–Crippen MR) is 121 cm³/mol. The number of fused-ring (bicyclic) bond motifs is 1. The van der Waals surface area contributed by atoms with Gasteiger partial charge in [0.25, 0.3) is 11.1 Å². The number of imide groups is 1. The minimum Gasteiger partial charge on any atom is -0.465 e. The van der Waals surface area contributed by atoms with Crippen LogP contribution < -0.4 is 0 Å². The van der Waals surface area contributed by atoms with Crippen LogP contribution in [0.5, 0.6) is 0 Å². The third kappa shape index (κ3) is 4.56. The van der Waals surface area contributed by atoms with E-state index in [1.54, 1.807) is 17.6 Å². The van der Waals surface area contributed by atoms with Gasteiger partial charge in [-0.05, 0) is 42.8 Å². The molecule has 0 saturated carbocycles. The number of para-hydroxylation sites is 1. The van der Waals surface area contributed by atoms with Gasteiger partial charge >= 0.3 is 5.97 Å². The quantitative estimate of drug-likeness (QED) is 0.405. The van der Waals surface area contributed by atoms with Crippen molar-refractivity contribution < 1.29 is 19.1 Å². The summed E-state index contributed by atoms with van der Waals surface area (Å²) in [5, 5.41) is 0.644. The van der Waals surface area contributed by atoms with Gasteiger partial charge in [-0.1, -0.05) is 48.5 Å². The maximum Gasteiger partial charge on any atom is 0.325 e. The molecular formula is C24H22N2O4S. The van der Waals surface area contributed by atoms with E-state index in [1.807, 2.05) is 60.8 Å². The first kappa shape index (κ1) is 20.9. The van der Waals surface area contributed by atoms with E-state index >= 15 is 0 Å². The monoisotopic (exact) mass is 434 g/mol. The van der Waals surface area contributed by atoms with Gasteiger partial charge in [-0.3, -0.25) is 19.3 Å². The molecule has 1 aliphatic heterocycles. The molecule has 1 aromatic heterocycles. The van der Waals surface area contributed by atoms with Gasteiger partial charge in [-0.25, -0.2) is 0 Å². The highest BCUT2D eigenvalue weighted by Gasteiger charge is 2.34. The number of benzene rings is 2. The maximum absolute atomic E-state index is 12.9. The largest absolute Gasteiger partial charge is 0.465 e. The number of hydrogen-bond acceptors (Lipinski definition) is 5. The van der Waals surface area contributed by atoms with Crippen LogP contribution >= 0.6 is 11.8 Å². The topological polar surface area (TPSA) is 68.6 Å². The Morgan fingerprint density at radius 3 is 2.58 bits per heavy atom. The summed E-state index contributed by atoms with van der Waals surface area (Å²) in [5.41, 5.74) is 2.73. The van der Waals surface area contributed by atoms with Crippen LogP contribution in [0.15, 0.2) is 65.7 Å². The van der Waals surface area contributed by atoms with Crippen molar-refractivity contribution in [2.75, 3.05) is 13.2 Å². The van der Waals surface area contributed by atoms with Crippen LogP contribution in [-0.2, 0) is 27.3 Å². The number of carbonyl (C=O) groups is 3. The molecule has 0 atom stereocenters. The summed E-state index contributed by atoms with van der Waals surface area (Å²) in [5.74, 6) is -0.607. The summed E-state index contributed by atoms with van der Waals surface area (Å²) in [7, 11) is 0. The van der Waals surface area contributed by atoms with E-state index in [0.29, 0.717) is 24.5 Å². The van der Waals surface area contributed by atoms with E-state index in [-0.39, 0.29) is 23.7 Å². The Bertz CT molecular complexity index is 1170. The Kier molecular flexibility index (Phi) is 6.23. The van der Waals surface area contributed by atoms with Crippen molar-refractivity contribution in [3.05, 3.63) is 76.8 Å². The van der Waals surface area contributed by atoms with Crippen molar-refractivity contribution in [2.24, 2.45) is 0 Å². The average Bonchev–Trinajstić information content (AvgIpc) is 3.24. The zero-order valence-corrected chi connectivity index (χ0v) is 17.9. The Hall–Kier alpha value is -3.32. The minimum absolute atomic E-state index is 0.0841. The van der Waals surface area contributed by atoms with Crippen molar-refractivity contribution in [2.45, 2.75) is 19.9 Å². The van der Waals surface area contributed by atoms with Crippen molar-refractivity contribution in [3.8, 4) is 0 Å². The highest BCUT2D eigenvalue weighted by atomic mass is 32.2. The Morgan fingerprint density at radius 1 is 1.06 bits per heavy atom. The summed E-state index contributed by atoms with van der Waals surface area (Å²) in [6.07, 6.45) is 4.17. The lowest BCUT2D eigenvalue weighted by atomic mass is 10.1. The molecule has 158 valence electrons. The van der Waals surface area contributed by atoms with Gasteiger partial charge in [0.15, 0.2) is 0 Å². The normalized spacial score (nSPS) is 15.3. The summed E-state index contributed by atoms with van der Waals surface area (Å²) < 4.78 is 6.87. The average molecular weight is 435 g/mol. The van der Waals surface area contributed by atoms with Crippen LogP contribution in [0.4, 0.5) is 4.79 Å². The fourth-order valence-electron chi connectivity index (χ4n) is 3.59. The smallest absolute Gasteiger partial charge is 0.325 e. The molecule has 2 amide bonds. The number of esters is 1. The summed E-state index contributed by atoms with van der Waals surface area (Å²) in [6.45, 7) is 2.52. The third-order valence-corrected chi connectivity index (χ3v) is 5.96. The summed E-state index contributed by atoms with van der Waals surface area (Å²) >= 11 is 0.949. The molecule has 1 saturated heterocycles. The molecule has 0 bridgehead atoms. The second kappa shape index (κ2) is 9.22. The van der Waals surface area contributed by atoms with E-state index < -0.39 is 0 Å². The number of ether oxygens (including phenoxy) is 1. The molecule has 2 aromatic carbocycles. The van der Waals surface area contributed by atoms with E-state index in [1.165, 1.54) is 4.90 Å². The lowest BCUT2D eigenvalue weighted by Crippen LogP contribution is -2.30. The Balaban J connectivity index is 1.57. The van der Waals surface area contributed by atoms with Crippen LogP contribution in [0.25, 0.3) is 17.0 Å². The zero-order valence-electron chi connectivity index (χ0n) is 17.1. The molecule has 7 heteroatoms.